The van der Waals surface area contributed by atoms with E-state index in [-0.39, 0.29) is 17.9 Å². The van der Waals surface area contributed by atoms with E-state index in [4.69, 9.17) is 16.3 Å². The summed E-state index contributed by atoms with van der Waals surface area (Å²) in [6.07, 6.45) is 1.55. The molecule has 1 N–H and O–H groups in total. The van der Waals surface area contributed by atoms with E-state index in [2.05, 4.69) is 10.2 Å². The molecular weight excluding hydrogens is 414 g/mol. The normalized spacial score (nSPS) is 26.9. The van der Waals surface area contributed by atoms with Crippen LogP contribution in [0.15, 0.2) is 42.5 Å². The molecule has 0 saturated carbocycles. The zero-order valence-electron chi connectivity index (χ0n) is 17.5. The van der Waals surface area contributed by atoms with E-state index in [1.807, 2.05) is 30.3 Å². The van der Waals surface area contributed by atoms with E-state index in [9.17, 15) is 9.59 Å². The highest BCUT2D eigenvalue weighted by atomic mass is 35.5. The topological polar surface area (TPSA) is 61.9 Å². The maximum absolute atomic E-state index is 13.3. The van der Waals surface area contributed by atoms with Crippen molar-refractivity contribution >= 4 is 29.1 Å². The molecule has 2 atom stereocenters. The third-order valence-electron chi connectivity index (χ3n) is 6.63. The van der Waals surface area contributed by atoms with Gasteiger partial charge in [-0.25, -0.2) is 0 Å². The number of carbonyl (C=O) groups is 2. The lowest BCUT2D eigenvalue weighted by Gasteiger charge is -2.45. The second-order valence-corrected chi connectivity index (χ2v) is 9.13. The SMILES string of the molecule is CC1Oc2c(C(=O)NC3CN4CCC3CC4)cc(Cl)cc2N(Cc2ccccc2)C1=O. The minimum atomic E-state index is -0.680. The molecule has 2 aromatic carbocycles. The van der Waals surface area contributed by atoms with Gasteiger partial charge in [-0.2, -0.15) is 0 Å². The van der Waals surface area contributed by atoms with Crippen molar-refractivity contribution in [3.8, 4) is 5.75 Å². The predicted octanol–water partition coefficient (Wildman–Crippen LogP) is 3.48. The Bertz CT molecular complexity index is 1000. The molecule has 3 saturated heterocycles. The number of ether oxygens (including phenoxy) is 1. The summed E-state index contributed by atoms with van der Waals surface area (Å²) in [6.45, 7) is 5.21. The largest absolute Gasteiger partial charge is 0.478 e. The van der Waals surface area contributed by atoms with Crippen molar-refractivity contribution in [1.82, 2.24) is 10.2 Å². The molecule has 4 aliphatic heterocycles. The summed E-state index contributed by atoms with van der Waals surface area (Å²) in [7, 11) is 0. The van der Waals surface area contributed by atoms with Crippen molar-refractivity contribution in [2.24, 2.45) is 5.92 Å². The first-order valence-electron chi connectivity index (χ1n) is 10.9. The molecule has 0 spiro atoms. The van der Waals surface area contributed by atoms with Gasteiger partial charge in [0.2, 0.25) is 0 Å². The minimum Gasteiger partial charge on any atom is -0.478 e. The first-order valence-corrected chi connectivity index (χ1v) is 11.3. The molecule has 2 aromatic rings. The molecule has 6 rings (SSSR count). The van der Waals surface area contributed by atoms with Crippen molar-refractivity contribution in [3.05, 3.63) is 58.6 Å². The third-order valence-corrected chi connectivity index (χ3v) is 6.85. The Morgan fingerprint density at radius 1 is 1.19 bits per heavy atom. The quantitative estimate of drug-likeness (QED) is 0.792. The maximum Gasteiger partial charge on any atom is 0.268 e. The Labute approximate surface area is 187 Å². The van der Waals surface area contributed by atoms with Crippen LogP contribution in [0.5, 0.6) is 5.75 Å². The van der Waals surface area contributed by atoms with Crippen LogP contribution >= 0.6 is 11.6 Å². The van der Waals surface area contributed by atoms with Gasteiger partial charge in [0.25, 0.3) is 11.8 Å². The van der Waals surface area contributed by atoms with Gasteiger partial charge in [-0.1, -0.05) is 41.9 Å². The number of piperidine rings is 3. The van der Waals surface area contributed by atoms with Crippen LogP contribution in [0.3, 0.4) is 0 Å². The number of fused-ring (bicyclic) bond motifs is 4. The predicted molar refractivity (Wildman–Crippen MR) is 120 cm³/mol. The van der Waals surface area contributed by atoms with Crippen LogP contribution in [0.1, 0.15) is 35.7 Å². The number of hydrogen-bond donors (Lipinski definition) is 1. The number of nitrogens with one attached hydrogen (secondary N) is 1. The molecule has 0 radical (unpaired) electrons. The highest BCUT2D eigenvalue weighted by Crippen LogP contribution is 2.40. The van der Waals surface area contributed by atoms with Crippen molar-refractivity contribution in [3.63, 3.8) is 0 Å². The molecule has 3 fully saturated rings. The highest BCUT2D eigenvalue weighted by Gasteiger charge is 2.38. The Kier molecular flexibility index (Phi) is 5.36. The fourth-order valence-corrected chi connectivity index (χ4v) is 5.15. The van der Waals surface area contributed by atoms with Gasteiger partial charge in [-0.15, -0.1) is 0 Å². The monoisotopic (exact) mass is 439 g/mol. The van der Waals surface area contributed by atoms with E-state index in [1.165, 1.54) is 0 Å². The molecule has 0 aliphatic carbocycles. The Hall–Kier alpha value is -2.57. The zero-order valence-corrected chi connectivity index (χ0v) is 18.3. The van der Waals surface area contributed by atoms with Crippen LogP contribution < -0.4 is 15.0 Å². The molecular formula is C24H26ClN3O3. The number of benzene rings is 2. The van der Waals surface area contributed by atoms with Gasteiger partial charge in [0.1, 0.15) is 0 Å². The van der Waals surface area contributed by atoms with Crippen LogP contribution in [0, 0.1) is 5.92 Å². The highest BCUT2D eigenvalue weighted by molar-refractivity contribution is 6.31. The summed E-state index contributed by atoms with van der Waals surface area (Å²) in [5.41, 5.74) is 1.92. The third kappa shape index (κ3) is 3.90. The molecule has 0 aromatic heterocycles. The molecule has 2 unspecified atom stereocenters. The Morgan fingerprint density at radius 3 is 2.61 bits per heavy atom. The van der Waals surface area contributed by atoms with Gasteiger partial charge in [-0.05, 0) is 56.5 Å². The second kappa shape index (κ2) is 8.17. The van der Waals surface area contributed by atoms with Crippen molar-refractivity contribution in [2.45, 2.75) is 38.5 Å². The van der Waals surface area contributed by atoms with E-state index in [0.717, 1.165) is 38.0 Å². The fourth-order valence-electron chi connectivity index (χ4n) is 4.94. The van der Waals surface area contributed by atoms with Crippen molar-refractivity contribution < 1.29 is 14.3 Å². The molecule has 2 amide bonds. The first kappa shape index (κ1) is 20.3. The van der Waals surface area contributed by atoms with Gasteiger partial charge < -0.3 is 19.9 Å². The summed E-state index contributed by atoms with van der Waals surface area (Å²) in [4.78, 5) is 30.3. The Morgan fingerprint density at radius 2 is 1.94 bits per heavy atom. The number of amides is 2. The van der Waals surface area contributed by atoms with Gasteiger partial charge in [0, 0.05) is 17.6 Å². The molecule has 31 heavy (non-hydrogen) atoms. The number of carbonyl (C=O) groups excluding carboxylic acids is 2. The lowest BCUT2D eigenvalue weighted by Crippen LogP contribution is -2.57. The maximum atomic E-state index is 13.3. The second-order valence-electron chi connectivity index (χ2n) is 8.69. The number of halogens is 1. The summed E-state index contributed by atoms with van der Waals surface area (Å²) >= 11 is 6.40. The van der Waals surface area contributed by atoms with Crippen LogP contribution in [0.4, 0.5) is 5.69 Å². The van der Waals surface area contributed by atoms with Crippen molar-refractivity contribution in [1.29, 1.82) is 0 Å². The summed E-state index contributed by atoms with van der Waals surface area (Å²) in [6, 6.07) is 13.2. The van der Waals surface area contributed by atoms with Gasteiger partial charge >= 0.3 is 0 Å². The fraction of sp³-hybridized carbons (Fsp3) is 0.417. The molecule has 4 aliphatic rings. The molecule has 162 valence electrons. The molecule has 4 heterocycles. The van der Waals surface area contributed by atoms with Crippen LogP contribution in [-0.2, 0) is 11.3 Å². The van der Waals surface area contributed by atoms with E-state index >= 15 is 0 Å². The zero-order chi connectivity index (χ0) is 21.5. The van der Waals surface area contributed by atoms with Gasteiger partial charge in [0.15, 0.2) is 11.9 Å². The minimum absolute atomic E-state index is 0.132. The standard InChI is InChI=1S/C24H26ClN3O3/c1-15-24(30)28(13-16-5-3-2-4-6-16)21-12-18(25)11-19(22(21)31-15)23(29)26-20-14-27-9-7-17(20)8-10-27/h2-6,11-12,15,17,20H,7-10,13-14H2,1H3,(H,26,29). The average Bonchev–Trinajstić information content (AvgIpc) is 2.78. The number of anilines is 1. The van der Waals surface area contributed by atoms with Crippen molar-refractivity contribution in [2.75, 3.05) is 24.5 Å². The van der Waals surface area contributed by atoms with Crippen LogP contribution in [-0.4, -0.2) is 48.5 Å². The van der Waals surface area contributed by atoms with Gasteiger partial charge in [0.05, 0.1) is 17.8 Å². The molecule has 7 heteroatoms. The van der Waals surface area contributed by atoms with Gasteiger partial charge in [-0.3, -0.25) is 9.59 Å². The van der Waals surface area contributed by atoms with E-state index in [0.29, 0.717) is 34.5 Å². The number of nitrogens with zero attached hydrogens (tertiary/aromatic N) is 2. The smallest absolute Gasteiger partial charge is 0.268 e. The average molecular weight is 440 g/mol. The van der Waals surface area contributed by atoms with Crippen LogP contribution in [0.25, 0.3) is 0 Å². The number of hydrogen-bond acceptors (Lipinski definition) is 4. The van der Waals surface area contributed by atoms with E-state index < -0.39 is 6.10 Å². The molecule has 6 nitrogen and oxygen atoms in total. The Balaban J connectivity index is 1.46. The lowest BCUT2D eigenvalue weighted by molar-refractivity contribution is -0.125. The van der Waals surface area contributed by atoms with E-state index in [1.54, 1.807) is 24.0 Å². The first-order chi connectivity index (χ1) is 15.0. The summed E-state index contributed by atoms with van der Waals surface area (Å²) in [5.74, 6) is 0.590. The summed E-state index contributed by atoms with van der Waals surface area (Å²) in [5, 5.41) is 3.62. The summed E-state index contributed by atoms with van der Waals surface area (Å²) < 4.78 is 5.95. The lowest BCUT2D eigenvalue weighted by atomic mass is 9.84. The number of rotatable bonds is 4. The van der Waals surface area contributed by atoms with Crippen LogP contribution in [0.2, 0.25) is 5.02 Å². The molecule has 2 bridgehead atoms.